The van der Waals surface area contributed by atoms with Crippen LogP contribution in [0.3, 0.4) is 0 Å². The van der Waals surface area contributed by atoms with Gasteiger partial charge in [0.2, 0.25) is 17.7 Å². The Bertz CT molecular complexity index is 860. The lowest BCUT2D eigenvalue weighted by atomic mass is 10.2. The van der Waals surface area contributed by atoms with Gasteiger partial charge in [0.1, 0.15) is 0 Å². The lowest BCUT2D eigenvalue weighted by molar-refractivity contribution is 0.465. The van der Waals surface area contributed by atoms with E-state index in [-0.39, 0.29) is 0 Å². The molecule has 0 aliphatic carbocycles. The Morgan fingerprint density at radius 3 is 1.96 bits per heavy atom. The van der Waals surface area contributed by atoms with Crippen LogP contribution in [0.4, 0.5) is 0 Å². The Hall–Kier alpha value is -2.93. The minimum atomic E-state index is 0.521. The van der Waals surface area contributed by atoms with Crippen molar-refractivity contribution in [3.05, 3.63) is 66.6 Å². The molecule has 0 aliphatic heterocycles. The highest BCUT2D eigenvalue weighted by Gasteiger charge is 2.11. The molecule has 4 rings (SSSR count). The third-order valence-electron chi connectivity index (χ3n) is 3.46. The van der Waals surface area contributed by atoms with Gasteiger partial charge >= 0.3 is 0 Å². The molecule has 7 heteroatoms. The maximum absolute atomic E-state index is 5.68. The molecule has 0 aliphatic rings. The summed E-state index contributed by atoms with van der Waals surface area (Å²) in [6.07, 6.45) is 0.632. The standard InChI is InChI=1S/C18H14N4O2S/c1-3-7-13(8-4-1)16-20-19-15(23-16)11-12-25-18-22-21-17(24-18)14-9-5-2-6-10-14/h1-10H,11-12H2. The summed E-state index contributed by atoms with van der Waals surface area (Å²) in [6, 6.07) is 19.4. The highest BCUT2D eigenvalue weighted by Crippen LogP contribution is 2.24. The minimum absolute atomic E-state index is 0.521. The monoisotopic (exact) mass is 350 g/mol. The first kappa shape index (κ1) is 15.6. The van der Waals surface area contributed by atoms with E-state index in [2.05, 4.69) is 20.4 Å². The molecule has 25 heavy (non-hydrogen) atoms. The predicted octanol–water partition coefficient (Wildman–Crippen LogP) is 4.12. The minimum Gasteiger partial charge on any atom is -0.421 e. The molecule has 0 N–H and O–H groups in total. The van der Waals surface area contributed by atoms with E-state index in [0.717, 1.165) is 11.1 Å². The Labute approximate surface area is 148 Å². The molecule has 2 aromatic heterocycles. The van der Waals surface area contributed by atoms with Gasteiger partial charge < -0.3 is 8.83 Å². The average molecular weight is 350 g/mol. The number of nitrogens with zero attached hydrogens (tertiary/aromatic N) is 4. The maximum Gasteiger partial charge on any atom is 0.276 e. The van der Waals surface area contributed by atoms with Crippen LogP contribution in [0.2, 0.25) is 0 Å². The van der Waals surface area contributed by atoms with Crippen molar-refractivity contribution < 1.29 is 8.83 Å². The lowest BCUT2D eigenvalue weighted by Gasteiger charge is -1.94. The zero-order valence-corrected chi connectivity index (χ0v) is 14.0. The molecule has 0 atom stereocenters. The molecule has 0 saturated heterocycles. The van der Waals surface area contributed by atoms with Gasteiger partial charge in [0.25, 0.3) is 5.22 Å². The fourth-order valence-corrected chi connectivity index (χ4v) is 2.93. The van der Waals surface area contributed by atoms with E-state index >= 15 is 0 Å². The number of hydrogen-bond acceptors (Lipinski definition) is 7. The van der Waals surface area contributed by atoms with Crippen molar-refractivity contribution in [2.24, 2.45) is 0 Å². The molecule has 6 nitrogen and oxygen atoms in total. The molecular weight excluding hydrogens is 336 g/mol. The Balaban J connectivity index is 1.34. The fraction of sp³-hybridized carbons (Fsp3) is 0.111. The van der Waals surface area contributed by atoms with Crippen LogP contribution in [0.15, 0.2) is 74.7 Å². The van der Waals surface area contributed by atoms with Gasteiger partial charge in [-0.25, -0.2) is 0 Å². The summed E-state index contributed by atoms with van der Waals surface area (Å²) >= 11 is 1.47. The molecule has 0 saturated carbocycles. The molecule has 0 spiro atoms. The Morgan fingerprint density at radius 1 is 0.680 bits per heavy atom. The highest BCUT2D eigenvalue weighted by atomic mass is 32.2. The van der Waals surface area contributed by atoms with E-state index in [9.17, 15) is 0 Å². The summed E-state index contributed by atoms with van der Waals surface area (Å²) in [5, 5.41) is 16.8. The number of thioether (sulfide) groups is 1. The van der Waals surface area contributed by atoms with Gasteiger partial charge in [0.15, 0.2) is 0 Å². The van der Waals surface area contributed by atoms with Gasteiger partial charge in [-0.1, -0.05) is 48.2 Å². The largest absolute Gasteiger partial charge is 0.421 e. The molecule has 4 aromatic rings. The quantitative estimate of drug-likeness (QED) is 0.484. The Kier molecular flexibility index (Phi) is 4.56. The summed E-state index contributed by atoms with van der Waals surface area (Å²) < 4.78 is 11.3. The maximum atomic E-state index is 5.68. The van der Waals surface area contributed by atoms with Crippen LogP contribution in [0.5, 0.6) is 0 Å². The number of rotatable bonds is 6. The predicted molar refractivity (Wildman–Crippen MR) is 93.9 cm³/mol. The first-order valence-electron chi connectivity index (χ1n) is 7.78. The molecule has 0 amide bonds. The van der Waals surface area contributed by atoms with Gasteiger partial charge in [-0.3, -0.25) is 0 Å². The first-order valence-corrected chi connectivity index (χ1v) is 8.76. The molecule has 0 unspecified atom stereocenters. The number of hydrogen-bond donors (Lipinski definition) is 0. The van der Waals surface area contributed by atoms with Crippen molar-refractivity contribution in [1.29, 1.82) is 0 Å². The molecule has 0 bridgehead atoms. The van der Waals surface area contributed by atoms with Crippen molar-refractivity contribution >= 4 is 11.8 Å². The second kappa shape index (κ2) is 7.31. The van der Waals surface area contributed by atoms with Crippen LogP contribution < -0.4 is 0 Å². The van der Waals surface area contributed by atoms with Gasteiger partial charge in [0, 0.05) is 23.3 Å². The highest BCUT2D eigenvalue weighted by molar-refractivity contribution is 7.99. The molecule has 0 fully saturated rings. The van der Waals surface area contributed by atoms with Gasteiger partial charge in [0.05, 0.1) is 0 Å². The van der Waals surface area contributed by atoms with Crippen LogP contribution in [0, 0.1) is 0 Å². The van der Waals surface area contributed by atoms with E-state index in [1.165, 1.54) is 11.8 Å². The zero-order chi connectivity index (χ0) is 16.9. The van der Waals surface area contributed by atoms with Crippen LogP contribution in [0.25, 0.3) is 22.9 Å². The Morgan fingerprint density at radius 2 is 1.28 bits per heavy atom. The van der Waals surface area contributed by atoms with E-state index in [1.807, 2.05) is 60.7 Å². The molecular formula is C18H14N4O2S. The SMILES string of the molecule is c1ccc(-c2nnc(CCSc3nnc(-c4ccccc4)o3)o2)cc1. The second-order valence-corrected chi connectivity index (χ2v) is 6.25. The van der Waals surface area contributed by atoms with Crippen molar-refractivity contribution in [3.63, 3.8) is 0 Å². The first-order chi connectivity index (χ1) is 12.4. The summed E-state index contributed by atoms with van der Waals surface area (Å²) in [5.74, 6) is 2.36. The van der Waals surface area contributed by atoms with Crippen molar-refractivity contribution in [2.45, 2.75) is 11.6 Å². The number of aryl methyl sites for hydroxylation is 1. The smallest absolute Gasteiger partial charge is 0.276 e. The number of aromatic nitrogens is 4. The molecule has 2 heterocycles. The normalized spacial score (nSPS) is 10.9. The third-order valence-corrected chi connectivity index (χ3v) is 4.28. The summed E-state index contributed by atoms with van der Waals surface area (Å²) in [6.45, 7) is 0. The van der Waals surface area contributed by atoms with Crippen molar-refractivity contribution in [2.75, 3.05) is 5.75 Å². The lowest BCUT2D eigenvalue weighted by Crippen LogP contribution is -1.88. The zero-order valence-electron chi connectivity index (χ0n) is 13.2. The van der Waals surface area contributed by atoms with Crippen LogP contribution in [-0.2, 0) is 6.42 Å². The summed E-state index contributed by atoms with van der Waals surface area (Å²) in [4.78, 5) is 0. The summed E-state index contributed by atoms with van der Waals surface area (Å²) in [5.41, 5.74) is 1.82. The molecule has 0 radical (unpaired) electrons. The fourth-order valence-electron chi connectivity index (χ4n) is 2.24. The van der Waals surface area contributed by atoms with E-state index in [1.54, 1.807) is 0 Å². The second-order valence-electron chi connectivity index (χ2n) is 5.20. The van der Waals surface area contributed by atoms with Crippen LogP contribution >= 0.6 is 11.8 Å². The number of benzene rings is 2. The summed E-state index contributed by atoms with van der Waals surface area (Å²) in [7, 11) is 0. The van der Waals surface area contributed by atoms with E-state index in [4.69, 9.17) is 8.83 Å². The van der Waals surface area contributed by atoms with Crippen molar-refractivity contribution in [3.8, 4) is 22.9 Å². The van der Waals surface area contributed by atoms with Gasteiger partial charge in [-0.05, 0) is 24.3 Å². The van der Waals surface area contributed by atoms with E-state index in [0.29, 0.717) is 35.1 Å². The van der Waals surface area contributed by atoms with Crippen LogP contribution in [0.1, 0.15) is 5.89 Å². The van der Waals surface area contributed by atoms with E-state index < -0.39 is 0 Å². The average Bonchev–Trinajstić information content (AvgIpc) is 3.33. The van der Waals surface area contributed by atoms with Gasteiger partial charge in [-0.15, -0.1) is 20.4 Å². The van der Waals surface area contributed by atoms with Crippen molar-refractivity contribution in [1.82, 2.24) is 20.4 Å². The van der Waals surface area contributed by atoms with Crippen LogP contribution in [-0.4, -0.2) is 26.1 Å². The molecule has 2 aromatic carbocycles. The third kappa shape index (κ3) is 3.77. The van der Waals surface area contributed by atoms with Gasteiger partial charge in [-0.2, -0.15) is 0 Å². The topological polar surface area (TPSA) is 77.8 Å². The molecule has 124 valence electrons.